The zero-order valence-corrected chi connectivity index (χ0v) is 12.4. The van der Waals surface area contributed by atoms with Crippen LogP contribution >= 0.6 is 15.9 Å². The number of aromatic nitrogens is 1. The number of carbonyl (C=O) groups is 1. The molecule has 0 saturated heterocycles. The first kappa shape index (κ1) is 14.8. The standard InChI is InChI=1S/C15H12BrF2NO/c1-2-9-8-19-6-5-10(9)14(20)7-11-13(17)4-3-12(16)15(11)18/h3-6,8H,2,7H2,1H3. The molecule has 2 aromatic rings. The Bertz CT molecular complexity index is 658. The highest BCUT2D eigenvalue weighted by Gasteiger charge is 2.18. The first-order valence-electron chi connectivity index (χ1n) is 6.13. The average Bonchev–Trinajstić information content (AvgIpc) is 2.47. The molecule has 0 atom stereocenters. The van der Waals surface area contributed by atoms with Crippen molar-refractivity contribution in [3.05, 3.63) is 63.4 Å². The van der Waals surface area contributed by atoms with Gasteiger partial charge in [-0.2, -0.15) is 0 Å². The molecule has 20 heavy (non-hydrogen) atoms. The van der Waals surface area contributed by atoms with Crippen LogP contribution in [0.4, 0.5) is 8.78 Å². The minimum absolute atomic E-state index is 0.146. The predicted molar refractivity (Wildman–Crippen MR) is 75.7 cm³/mol. The summed E-state index contributed by atoms with van der Waals surface area (Å²) in [5.74, 6) is -1.77. The van der Waals surface area contributed by atoms with E-state index in [4.69, 9.17) is 0 Å². The van der Waals surface area contributed by atoms with Crippen molar-refractivity contribution in [3.63, 3.8) is 0 Å². The number of aryl methyl sites for hydroxylation is 1. The third kappa shape index (κ3) is 2.93. The first-order chi connectivity index (χ1) is 9.54. The van der Waals surface area contributed by atoms with Crippen molar-refractivity contribution >= 4 is 21.7 Å². The van der Waals surface area contributed by atoms with E-state index in [0.29, 0.717) is 12.0 Å². The van der Waals surface area contributed by atoms with Crippen LogP contribution in [0.5, 0.6) is 0 Å². The summed E-state index contributed by atoms with van der Waals surface area (Å²) >= 11 is 2.99. The fourth-order valence-corrected chi connectivity index (χ4v) is 2.34. The van der Waals surface area contributed by atoms with Gasteiger partial charge in [-0.1, -0.05) is 6.92 Å². The Hall–Kier alpha value is -1.62. The normalized spacial score (nSPS) is 10.6. The molecular formula is C15H12BrF2NO. The van der Waals surface area contributed by atoms with Crippen molar-refractivity contribution in [2.75, 3.05) is 0 Å². The molecule has 0 bridgehead atoms. The Morgan fingerprint density at radius 3 is 2.75 bits per heavy atom. The molecule has 2 rings (SSSR count). The number of carbonyl (C=O) groups excluding carboxylic acids is 1. The molecule has 5 heteroatoms. The van der Waals surface area contributed by atoms with Gasteiger partial charge in [-0.05, 0) is 46.1 Å². The molecule has 0 N–H and O–H groups in total. The van der Waals surface area contributed by atoms with Crippen LogP contribution in [0.3, 0.4) is 0 Å². The maximum Gasteiger partial charge on any atom is 0.167 e. The second kappa shape index (κ2) is 6.22. The number of halogens is 3. The Morgan fingerprint density at radius 2 is 2.05 bits per heavy atom. The first-order valence-corrected chi connectivity index (χ1v) is 6.92. The lowest BCUT2D eigenvalue weighted by molar-refractivity contribution is 0.0989. The Labute approximate surface area is 124 Å². The molecule has 0 aliphatic heterocycles. The Balaban J connectivity index is 2.35. The molecule has 0 saturated carbocycles. The van der Waals surface area contributed by atoms with Crippen molar-refractivity contribution in [1.82, 2.24) is 4.98 Å². The zero-order valence-electron chi connectivity index (χ0n) is 10.8. The largest absolute Gasteiger partial charge is 0.294 e. The van der Waals surface area contributed by atoms with E-state index in [1.807, 2.05) is 6.92 Å². The number of Topliss-reactive ketones (excluding diaryl/α,β-unsaturated/α-hetero) is 1. The van der Waals surface area contributed by atoms with E-state index in [1.54, 1.807) is 12.3 Å². The summed E-state index contributed by atoms with van der Waals surface area (Å²) in [6.45, 7) is 1.90. The van der Waals surface area contributed by atoms with Crippen LogP contribution in [0.1, 0.15) is 28.4 Å². The molecule has 0 radical (unpaired) electrons. The number of pyridine rings is 1. The molecule has 0 unspecified atom stereocenters. The van der Waals surface area contributed by atoms with Gasteiger partial charge >= 0.3 is 0 Å². The topological polar surface area (TPSA) is 30.0 Å². The Kier molecular flexibility index (Phi) is 4.60. The molecule has 0 spiro atoms. The highest BCUT2D eigenvalue weighted by Crippen LogP contribution is 2.23. The Morgan fingerprint density at radius 1 is 1.30 bits per heavy atom. The van der Waals surface area contributed by atoms with Crippen molar-refractivity contribution in [2.45, 2.75) is 19.8 Å². The molecule has 104 valence electrons. The van der Waals surface area contributed by atoms with Crippen LogP contribution in [0.2, 0.25) is 0 Å². The van der Waals surface area contributed by atoms with E-state index in [9.17, 15) is 13.6 Å². The van der Waals surface area contributed by atoms with Crippen molar-refractivity contribution in [3.8, 4) is 0 Å². The quantitative estimate of drug-likeness (QED) is 0.619. The summed E-state index contributed by atoms with van der Waals surface area (Å²) < 4.78 is 27.7. The minimum Gasteiger partial charge on any atom is -0.294 e. The van der Waals surface area contributed by atoms with Crippen LogP contribution in [-0.4, -0.2) is 10.8 Å². The predicted octanol–water partition coefficient (Wildman–Crippen LogP) is 4.11. The van der Waals surface area contributed by atoms with E-state index in [2.05, 4.69) is 20.9 Å². The maximum absolute atomic E-state index is 13.9. The van der Waals surface area contributed by atoms with E-state index in [0.717, 1.165) is 11.6 Å². The van der Waals surface area contributed by atoms with Gasteiger partial charge in [0.1, 0.15) is 11.6 Å². The summed E-state index contributed by atoms with van der Waals surface area (Å²) in [5, 5.41) is 0. The molecule has 2 nitrogen and oxygen atoms in total. The maximum atomic E-state index is 13.9. The van der Waals surface area contributed by atoms with Crippen LogP contribution in [0.25, 0.3) is 0 Å². The molecule has 1 aromatic carbocycles. The van der Waals surface area contributed by atoms with Crippen molar-refractivity contribution in [1.29, 1.82) is 0 Å². The van der Waals surface area contributed by atoms with Crippen molar-refractivity contribution < 1.29 is 13.6 Å². The fourth-order valence-electron chi connectivity index (χ4n) is 1.97. The summed E-state index contributed by atoms with van der Waals surface area (Å²) in [6, 6.07) is 4.00. The number of hydrogen-bond acceptors (Lipinski definition) is 2. The van der Waals surface area contributed by atoms with Crippen LogP contribution in [0.15, 0.2) is 35.1 Å². The van der Waals surface area contributed by atoms with E-state index < -0.39 is 11.6 Å². The van der Waals surface area contributed by atoms with Gasteiger partial charge in [-0.3, -0.25) is 9.78 Å². The van der Waals surface area contributed by atoms with Gasteiger partial charge in [-0.15, -0.1) is 0 Å². The molecule has 0 fully saturated rings. The molecule has 1 aromatic heterocycles. The number of nitrogens with zero attached hydrogens (tertiary/aromatic N) is 1. The van der Waals surface area contributed by atoms with Gasteiger partial charge in [0.25, 0.3) is 0 Å². The van der Waals surface area contributed by atoms with E-state index in [1.165, 1.54) is 12.3 Å². The highest BCUT2D eigenvalue weighted by molar-refractivity contribution is 9.10. The SMILES string of the molecule is CCc1cnccc1C(=O)Cc1c(F)ccc(Br)c1F. The summed E-state index contributed by atoms with van der Waals surface area (Å²) in [4.78, 5) is 16.2. The highest BCUT2D eigenvalue weighted by atomic mass is 79.9. The monoisotopic (exact) mass is 339 g/mol. The van der Waals surface area contributed by atoms with Gasteiger partial charge in [0.05, 0.1) is 4.47 Å². The number of benzene rings is 1. The average molecular weight is 340 g/mol. The molecule has 0 amide bonds. The van der Waals surface area contributed by atoms with Gasteiger partial charge in [0.15, 0.2) is 5.78 Å². The lowest BCUT2D eigenvalue weighted by Gasteiger charge is -2.08. The van der Waals surface area contributed by atoms with Gasteiger partial charge in [0, 0.05) is 29.9 Å². The van der Waals surface area contributed by atoms with Crippen LogP contribution in [0, 0.1) is 11.6 Å². The molecule has 1 heterocycles. The van der Waals surface area contributed by atoms with Crippen LogP contribution in [-0.2, 0) is 12.8 Å². The third-order valence-electron chi connectivity index (χ3n) is 3.06. The zero-order chi connectivity index (χ0) is 14.7. The van der Waals surface area contributed by atoms with Gasteiger partial charge in [-0.25, -0.2) is 8.78 Å². The lowest BCUT2D eigenvalue weighted by Crippen LogP contribution is -2.10. The van der Waals surface area contributed by atoms with E-state index >= 15 is 0 Å². The summed E-state index contributed by atoms with van der Waals surface area (Å²) in [6.07, 6.45) is 3.42. The molecule has 0 aliphatic rings. The van der Waals surface area contributed by atoms with E-state index in [-0.39, 0.29) is 22.2 Å². The number of rotatable bonds is 4. The second-order valence-electron chi connectivity index (χ2n) is 4.31. The molecule has 0 aliphatic carbocycles. The van der Waals surface area contributed by atoms with Gasteiger partial charge in [0.2, 0.25) is 0 Å². The van der Waals surface area contributed by atoms with Gasteiger partial charge < -0.3 is 0 Å². The fraction of sp³-hybridized carbons (Fsp3) is 0.200. The van der Waals surface area contributed by atoms with Crippen LogP contribution < -0.4 is 0 Å². The minimum atomic E-state index is -0.731. The summed E-state index contributed by atoms with van der Waals surface area (Å²) in [7, 11) is 0. The van der Waals surface area contributed by atoms with Crippen molar-refractivity contribution in [2.24, 2.45) is 0 Å². The number of hydrogen-bond donors (Lipinski definition) is 0. The smallest absolute Gasteiger partial charge is 0.167 e. The second-order valence-corrected chi connectivity index (χ2v) is 5.16. The summed E-state index contributed by atoms with van der Waals surface area (Å²) in [5.41, 5.74) is 1.01. The molecular weight excluding hydrogens is 328 g/mol. The third-order valence-corrected chi connectivity index (χ3v) is 3.67. The lowest BCUT2D eigenvalue weighted by atomic mass is 9.98. The number of ketones is 1.